The monoisotopic (exact) mass is 396 g/mol. The van der Waals surface area contributed by atoms with Gasteiger partial charge in [-0.05, 0) is 49.1 Å². The minimum atomic E-state index is -0.222. The maximum atomic E-state index is 12.3. The van der Waals surface area contributed by atoms with Crippen LogP contribution in [0.2, 0.25) is 0 Å². The molecule has 0 aliphatic heterocycles. The minimum absolute atomic E-state index is 0.222. The van der Waals surface area contributed by atoms with Crippen molar-refractivity contribution in [1.82, 2.24) is 0 Å². The van der Waals surface area contributed by atoms with Gasteiger partial charge >= 0.3 is 5.97 Å². The number of hydrogen-bond acceptors (Lipinski definition) is 4. The number of ether oxygens (including phenoxy) is 1. The number of esters is 1. The van der Waals surface area contributed by atoms with E-state index in [9.17, 15) is 10.0 Å². The molecule has 0 fully saturated rings. The Bertz CT molecular complexity index is 768. The standard InChI is InChI=1S/C24H32N2O3/c1-3-5-7-8-9-11-24(27)29-23-18-14-21(15-19-23)25-26(28)22-16-12-20(13-17-22)10-6-4-2/h12-19H,3-11H2,1-2H3. The van der Waals surface area contributed by atoms with Crippen molar-refractivity contribution in [2.45, 2.75) is 71.6 Å². The Labute approximate surface area is 174 Å². The summed E-state index contributed by atoms with van der Waals surface area (Å²) in [6.07, 6.45) is 9.20. The predicted molar refractivity (Wildman–Crippen MR) is 116 cm³/mol. The fraction of sp³-hybridized carbons (Fsp3) is 0.458. The highest BCUT2D eigenvalue weighted by Crippen LogP contribution is 2.22. The number of aryl methyl sites for hydroxylation is 1. The summed E-state index contributed by atoms with van der Waals surface area (Å²) >= 11 is 0. The van der Waals surface area contributed by atoms with Crippen molar-refractivity contribution in [3.63, 3.8) is 0 Å². The SMILES string of the molecule is CCCCCCCC(=O)Oc1ccc(N=[N+]([O-])c2ccc(CCCC)cc2)cc1. The van der Waals surface area contributed by atoms with Crippen LogP contribution in [-0.4, -0.2) is 10.8 Å². The third kappa shape index (κ3) is 8.46. The number of hydrogen-bond donors (Lipinski definition) is 0. The second-order valence-corrected chi connectivity index (χ2v) is 7.28. The Morgan fingerprint density at radius 3 is 2.21 bits per heavy atom. The molecule has 2 aromatic rings. The van der Waals surface area contributed by atoms with E-state index < -0.39 is 0 Å². The fourth-order valence-electron chi connectivity index (χ4n) is 2.97. The molecule has 0 unspecified atom stereocenters. The Morgan fingerprint density at radius 2 is 1.55 bits per heavy atom. The van der Waals surface area contributed by atoms with Gasteiger partial charge in [-0.1, -0.05) is 62.9 Å². The number of nitrogens with zero attached hydrogens (tertiary/aromatic N) is 2. The number of unbranched alkanes of at least 4 members (excludes halogenated alkanes) is 5. The summed E-state index contributed by atoms with van der Waals surface area (Å²) in [6.45, 7) is 4.33. The largest absolute Gasteiger partial charge is 0.594 e. The second-order valence-electron chi connectivity index (χ2n) is 7.28. The molecule has 0 aliphatic rings. The van der Waals surface area contributed by atoms with E-state index in [4.69, 9.17) is 4.74 Å². The molecule has 2 rings (SSSR count). The van der Waals surface area contributed by atoms with Crippen LogP contribution in [0.1, 0.15) is 70.8 Å². The molecule has 0 saturated heterocycles. The molecule has 156 valence electrons. The Hall–Kier alpha value is -2.69. The van der Waals surface area contributed by atoms with Gasteiger partial charge in [0.2, 0.25) is 5.69 Å². The zero-order chi connectivity index (χ0) is 20.9. The Balaban J connectivity index is 1.86. The Kier molecular flexibility index (Phi) is 9.90. The molecule has 0 atom stereocenters. The smallest absolute Gasteiger partial charge is 0.311 e. The maximum Gasteiger partial charge on any atom is 0.311 e. The van der Waals surface area contributed by atoms with Crippen LogP contribution in [-0.2, 0) is 11.2 Å². The molecule has 0 bridgehead atoms. The number of carbonyl (C=O) groups is 1. The van der Waals surface area contributed by atoms with Gasteiger partial charge in [0.15, 0.2) is 0 Å². The fourth-order valence-corrected chi connectivity index (χ4v) is 2.97. The third-order valence-corrected chi connectivity index (χ3v) is 4.74. The molecule has 0 aromatic heterocycles. The summed E-state index contributed by atoms with van der Waals surface area (Å²) in [6, 6.07) is 14.2. The number of rotatable bonds is 12. The number of azo groups is 1. The molecule has 5 nitrogen and oxygen atoms in total. The van der Waals surface area contributed by atoms with Crippen molar-refractivity contribution in [2.24, 2.45) is 5.11 Å². The van der Waals surface area contributed by atoms with Crippen molar-refractivity contribution in [3.05, 3.63) is 59.3 Å². The lowest BCUT2D eigenvalue weighted by atomic mass is 10.1. The molecule has 2 aromatic carbocycles. The van der Waals surface area contributed by atoms with Crippen LogP contribution in [0.25, 0.3) is 0 Å². The highest BCUT2D eigenvalue weighted by molar-refractivity contribution is 5.72. The summed E-state index contributed by atoms with van der Waals surface area (Å²) < 4.78 is 5.34. The highest BCUT2D eigenvalue weighted by Gasteiger charge is 2.07. The van der Waals surface area contributed by atoms with E-state index in [1.165, 1.54) is 18.4 Å². The molecule has 5 heteroatoms. The molecule has 0 amide bonds. The molecular formula is C24H32N2O3. The van der Waals surface area contributed by atoms with Crippen LogP contribution in [0, 0.1) is 5.21 Å². The van der Waals surface area contributed by atoms with Crippen molar-refractivity contribution >= 4 is 17.3 Å². The predicted octanol–water partition coefficient (Wildman–Crippen LogP) is 7.22. The highest BCUT2D eigenvalue weighted by atomic mass is 16.5. The van der Waals surface area contributed by atoms with Crippen molar-refractivity contribution < 1.29 is 14.4 Å². The van der Waals surface area contributed by atoms with E-state index >= 15 is 0 Å². The molecule has 29 heavy (non-hydrogen) atoms. The van der Waals surface area contributed by atoms with Gasteiger partial charge in [-0.2, -0.15) is 0 Å². The molecule has 0 saturated carbocycles. The van der Waals surface area contributed by atoms with Crippen LogP contribution in [0.15, 0.2) is 53.6 Å². The molecule has 0 aliphatic carbocycles. The zero-order valence-electron chi connectivity index (χ0n) is 17.6. The van der Waals surface area contributed by atoms with Gasteiger partial charge in [-0.15, -0.1) is 0 Å². The van der Waals surface area contributed by atoms with Crippen molar-refractivity contribution in [2.75, 3.05) is 0 Å². The number of carbonyl (C=O) groups excluding carboxylic acids is 1. The molecule has 0 spiro atoms. The average molecular weight is 397 g/mol. The first kappa shape index (κ1) is 22.6. The van der Waals surface area contributed by atoms with E-state index in [-0.39, 0.29) is 5.97 Å². The van der Waals surface area contributed by atoms with Crippen LogP contribution in [0.5, 0.6) is 5.75 Å². The van der Waals surface area contributed by atoms with Gasteiger partial charge in [0.1, 0.15) is 11.4 Å². The first-order valence-electron chi connectivity index (χ1n) is 10.7. The lowest BCUT2D eigenvalue weighted by Gasteiger charge is -2.05. The third-order valence-electron chi connectivity index (χ3n) is 4.74. The van der Waals surface area contributed by atoms with Crippen LogP contribution in [0.3, 0.4) is 0 Å². The van der Waals surface area contributed by atoms with E-state index in [2.05, 4.69) is 19.0 Å². The first-order chi connectivity index (χ1) is 14.1. The van der Waals surface area contributed by atoms with Gasteiger partial charge in [0.05, 0.1) is 0 Å². The molecular weight excluding hydrogens is 364 g/mol. The van der Waals surface area contributed by atoms with Gasteiger partial charge in [0.25, 0.3) is 0 Å². The molecule has 0 heterocycles. The van der Waals surface area contributed by atoms with Crippen LogP contribution >= 0.6 is 0 Å². The summed E-state index contributed by atoms with van der Waals surface area (Å²) in [5.41, 5.74) is 2.22. The number of benzene rings is 2. The molecule has 0 radical (unpaired) electrons. The molecule has 0 N–H and O–H groups in total. The van der Waals surface area contributed by atoms with Crippen molar-refractivity contribution in [3.8, 4) is 5.75 Å². The minimum Gasteiger partial charge on any atom is -0.594 e. The van der Waals surface area contributed by atoms with Gasteiger partial charge in [-0.25, -0.2) is 0 Å². The first-order valence-corrected chi connectivity index (χ1v) is 10.7. The summed E-state index contributed by atoms with van der Waals surface area (Å²) in [4.78, 5) is 12.5. The quantitative estimate of drug-likeness (QED) is 0.0949. The van der Waals surface area contributed by atoms with E-state index in [0.29, 0.717) is 28.4 Å². The van der Waals surface area contributed by atoms with Crippen LogP contribution in [0.4, 0.5) is 11.4 Å². The van der Waals surface area contributed by atoms with Gasteiger partial charge in [0, 0.05) is 23.7 Å². The van der Waals surface area contributed by atoms with Crippen molar-refractivity contribution in [1.29, 1.82) is 0 Å². The topological polar surface area (TPSA) is 64.7 Å². The zero-order valence-corrected chi connectivity index (χ0v) is 17.6. The van der Waals surface area contributed by atoms with E-state index in [1.54, 1.807) is 36.4 Å². The van der Waals surface area contributed by atoms with Gasteiger partial charge in [-0.3, -0.25) is 4.79 Å². The van der Waals surface area contributed by atoms with E-state index in [0.717, 1.165) is 38.5 Å². The lowest BCUT2D eigenvalue weighted by Crippen LogP contribution is -2.07. The normalized spacial score (nSPS) is 11.4. The Morgan fingerprint density at radius 1 is 0.897 bits per heavy atom. The summed E-state index contributed by atoms with van der Waals surface area (Å²) in [5.74, 6) is 0.250. The lowest BCUT2D eigenvalue weighted by molar-refractivity contribution is -0.435. The second kappa shape index (κ2) is 12.7. The van der Waals surface area contributed by atoms with Crippen LogP contribution < -0.4 is 4.74 Å². The summed E-state index contributed by atoms with van der Waals surface area (Å²) in [7, 11) is 0. The summed E-state index contributed by atoms with van der Waals surface area (Å²) in [5, 5.41) is 16.3. The van der Waals surface area contributed by atoms with E-state index in [1.807, 2.05) is 12.1 Å². The maximum absolute atomic E-state index is 12.3. The average Bonchev–Trinajstić information content (AvgIpc) is 2.74. The van der Waals surface area contributed by atoms with Gasteiger partial charge < -0.3 is 9.94 Å².